The van der Waals surface area contributed by atoms with Gasteiger partial charge in [0.2, 0.25) is 5.91 Å². The maximum Gasteiger partial charge on any atom is 0.236 e. The van der Waals surface area contributed by atoms with Crippen molar-refractivity contribution in [1.29, 1.82) is 0 Å². The van der Waals surface area contributed by atoms with Gasteiger partial charge < -0.3 is 10.5 Å². The number of amides is 1. The van der Waals surface area contributed by atoms with Crippen LogP contribution in [0.25, 0.3) is 10.8 Å². The molecule has 0 aliphatic carbocycles. The first-order valence-electron chi connectivity index (χ1n) is 8.34. The molecule has 128 valence electrons. The maximum absolute atomic E-state index is 11.6. The van der Waals surface area contributed by atoms with Gasteiger partial charge in [-0.05, 0) is 28.0 Å². The maximum atomic E-state index is 11.6. The van der Waals surface area contributed by atoms with Crippen molar-refractivity contribution in [3.63, 3.8) is 0 Å². The second-order valence-electron chi connectivity index (χ2n) is 6.02. The summed E-state index contributed by atoms with van der Waals surface area (Å²) in [5.74, 6) is -0.408. The lowest BCUT2D eigenvalue weighted by Gasteiger charge is -2.16. The quantitative estimate of drug-likeness (QED) is 0.665. The molecule has 0 saturated carbocycles. The molecule has 0 saturated heterocycles. The molecule has 25 heavy (non-hydrogen) atoms. The number of fused-ring (bicyclic) bond motifs is 1. The van der Waals surface area contributed by atoms with Gasteiger partial charge in [-0.3, -0.25) is 10.1 Å². The van der Waals surface area contributed by atoms with Crippen molar-refractivity contribution in [3.05, 3.63) is 83.9 Å². The van der Waals surface area contributed by atoms with Gasteiger partial charge in [0.25, 0.3) is 0 Å². The number of ether oxygens (including phenoxy) is 1. The number of nitrogens with two attached hydrogens (primary N) is 1. The molecule has 0 bridgehead atoms. The van der Waals surface area contributed by atoms with Crippen LogP contribution in [0.5, 0.6) is 0 Å². The smallest absolute Gasteiger partial charge is 0.236 e. The molecule has 0 heterocycles. The van der Waals surface area contributed by atoms with Crippen molar-refractivity contribution in [2.75, 3.05) is 6.61 Å². The van der Waals surface area contributed by atoms with Gasteiger partial charge in [0, 0.05) is 6.54 Å². The van der Waals surface area contributed by atoms with E-state index in [1.54, 1.807) is 0 Å². The molecule has 0 radical (unpaired) electrons. The van der Waals surface area contributed by atoms with E-state index in [4.69, 9.17) is 10.5 Å². The first kappa shape index (κ1) is 17.1. The predicted molar refractivity (Wildman–Crippen MR) is 99.9 cm³/mol. The Hall–Kier alpha value is -2.69. The minimum Gasteiger partial charge on any atom is -0.375 e. The topological polar surface area (TPSA) is 64.4 Å². The fourth-order valence-corrected chi connectivity index (χ4v) is 2.70. The molecule has 0 aliphatic rings. The molecule has 1 amide bonds. The van der Waals surface area contributed by atoms with Gasteiger partial charge in [-0.15, -0.1) is 0 Å². The van der Waals surface area contributed by atoms with Crippen LogP contribution in [0.3, 0.4) is 0 Å². The predicted octanol–water partition coefficient (Wildman–Crippen LogP) is 3.00. The monoisotopic (exact) mass is 334 g/mol. The minimum atomic E-state index is -0.513. The molecule has 4 heteroatoms. The van der Waals surface area contributed by atoms with E-state index in [9.17, 15) is 4.79 Å². The Morgan fingerprint density at radius 2 is 1.64 bits per heavy atom. The Morgan fingerprint density at radius 3 is 2.40 bits per heavy atom. The van der Waals surface area contributed by atoms with Crippen molar-refractivity contribution in [1.82, 2.24) is 5.32 Å². The summed E-state index contributed by atoms with van der Waals surface area (Å²) in [5, 5.41) is 5.53. The Balaban J connectivity index is 1.53. The number of hydrogen-bond acceptors (Lipinski definition) is 3. The lowest BCUT2D eigenvalue weighted by atomic mass is 10.1. The molecule has 0 fully saturated rings. The third kappa shape index (κ3) is 4.89. The average Bonchev–Trinajstić information content (AvgIpc) is 2.65. The highest BCUT2D eigenvalue weighted by molar-refractivity contribution is 5.83. The molecule has 3 rings (SSSR count). The fraction of sp³-hybridized carbons (Fsp3) is 0.190. The van der Waals surface area contributed by atoms with E-state index in [-0.39, 0.29) is 6.61 Å². The van der Waals surface area contributed by atoms with Crippen LogP contribution in [-0.4, -0.2) is 18.6 Å². The second-order valence-corrected chi connectivity index (χ2v) is 6.02. The van der Waals surface area contributed by atoms with E-state index in [0.29, 0.717) is 13.2 Å². The first-order valence-corrected chi connectivity index (χ1v) is 8.34. The normalized spacial score (nSPS) is 12.2. The molecule has 1 unspecified atom stereocenters. The molecule has 3 aromatic carbocycles. The zero-order valence-corrected chi connectivity index (χ0v) is 14.0. The Labute approximate surface area is 147 Å². The van der Waals surface area contributed by atoms with Crippen LogP contribution >= 0.6 is 0 Å². The summed E-state index contributed by atoms with van der Waals surface area (Å²) in [7, 11) is 0. The van der Waals surface area contributed by atoms with Gasteiger partial charge in [0.15, 0.2) is 0 Å². The number of hydrogen-bond donors (Lipinski definition) is 2. The zero-order chi connectivity index (χ0) is 17.5. The van der Waals surface area contributed by atoms with Crippen LogP contribution in [0.15, 0.2) is 72.8 Å². The molecule has 3 N–H and O–H groups in total. The number of nitrogens with one attached hydrogen (secondary N) is 1. The number of benzene rings is 3. The minimum absolute atomic E-state index is 0.245. The van der Waals surface area contributed by atoms with Crippen molar-refractivity contribution in [3.8, 4) is 0 Å². The number of carbonyl (C=O) groups excluding carboxylic acids is 1. The van der Waals surface area contributed by atoms with E-state index in [0.717, 1.165) is 11.1 Å². The molecular weight excluding hydrogens is 312 g/mol. The molecule has 1 atom stereocenters. The standard InChI is InChI=1S/C21H22N2O2/c22-21(24)20(23-13-16-6-2-1-3-7-16)15-25-14-17-10-11-18-8-4-5-9-19(18)12-17/h1-12,20,23H,13-15H2,(H2,22,24). The average molecular weight is 334 g/mol. The summed E-state index contributed by atoms with van der Waals surface area (Å²) in [6.07, 6.45) is 0. The summed E-state index contributed by atoms with van der Waals surface area (Å²) >= 11 is 0. The van der Waals surface area contributed by atoms with E-state index in [2.05, 4.69) is 29.6 Å². The third-order valence-electron chi connectivity index (χ3n) is 4.11. The van der Waals surface area contributed by atoms with Crippen LogP contribution in [0.1, 0.15) is 11.1 Å². The number of carbonyl (C=O) groups is 1. The lowest BCUT2D eigenvalue weighted by molar-refractivity contribution is -0.121. The Bertz CT molecular complexity index is 833. The number of primary amides is 1. The zero-order valence-electron chi connectivity index (χ0n) is 14.0. The summed E-state index contributed by atoms with van der Waals surface area (Å²) < 4.78 is 5.72. The van der Waals surface area contributed by atoms with Gasteiger partial charge in [-0.25, -0.2) is 0 Å². The van der Waals surface area contributed by atoms with Crippen LogP contribution in [0.2, 0.25) is 0 Å². The molecular formula is C21H22N2O2. The molecule has 4 nitrogen and oxygen atoms in total. The molecule has 0 aliphatic heterocycles. The van der Waals surface area contributed by atoms with E-state index in [1.807, 2.05) is 48.5 Å². The lowest BCUT2D eigenvalue weighted by Crippen LogP contribution is -2.44. The van der Waals surface area contributed by atoms with Crippen LogP contribution < -0.4 is 11.1 Å². The van der Waals surface area contributed by atoms with E-state index in [1.165, 1.54) is 10.8 Å². The summed E-state index contributed by atoms with van der Waals surface area (Å²) in [5.41, 5.74) is 7.65. The summed E-state index contributed by atoms with van der Waals surface area (Å²) in [6, 6.07) is 23.8. The first-order chi connectivity index (χ1) is 12.2. The van der Waals surface area contributed by atoms with Gasteiger partial charge in [-0.1, -0.05) is 66.7 Å². The van der Waals surface area contributed by atoms with Crippen molar-refractivity contribution in [2.24, 2.45) is 5.73 Å². The van der Waals surface area contributed by atoms with E-state index >= 15 is 0 Å². The summed E-state index contributed by atoms with van der Waals surface area (Å²) in [4.78, 5) is 11.6. The Kier molecular flexibility index (Phi) is 5.77. The molecule has 0 aromatic heterocycles. The van der Waals surface area contributed by atoms with Crippen molar-refractivity contribution < 1.29 is 9.53 Å². The van der Waals surface area contributed by atoms with Crippen molar-refractivity contribution in [2.45, 2.75) is 19.2 Å². The van der Waals surface area contributed by atoms with Crippen LogP contribution in [-0.2, 0) is 22.7 Å². The van der Waals surface area contributed by atoms with Gasteiger partial charge >= 0.3 is 0 Å². The highest BCUT2D eigenvalue weighted by atomic mass is 16.5. The highest BCUT2D eigenvalue weighted by Gasteiger charge is 2.14. The highest BCUT2D eigenvalue weighted by Crippen LogP contribution is 2.16. The fourth-order valence-electron chi connectivity index (χ4n) is 2.70. The van der Waals surface area contributed by atoms with E-state index < -0.39 is 11.9 Å². The van der Waals surface area contributed by atoms with Crippen LogP contribution in [0, 0.1) is 0 Å². The van der Waals surface area contributed by atoms with Gasteiger partial charge in [0.1, 0.15) is 6.04 Å². The Morgan fingerprint density at radius 1 is 0.920 bits per heavy atom. The largest absolute Gasteiger partial charge is 0.375 e. The van der Waals surface area contributed by atoms with Crippen LogP contribution in [0.4, 0.5) is 0 Å². The second kappa shape index (κ2) is 8.42. The third-order valence-corrected chi connectivity index (χ3v) is 4.11. The molecule has 3 aromatic rings. The van der Waals surface area contributed by atoms with Crippen molar-refractivity contribution >= 4 is 16.7 Å². The SMILES string of the molecule is NC(=O)C(COCc1ccc2ccccc2c1)NCc1ccccc1. The number of rotatable bonds is 8. The summed E-state index contributed by atoms with van der Waals surface area (Å²) in [6.45, 7) is 1.27. The van der Waals surface area contributed by atoms with Gasteiger partial charge in [-0.2, -0.15) is 0 Å². The molecule has 0 spiro atoms. The van der Waals surface area contributed by atoms with Gasteiger partial charge in [0.05, 0.1) is 13.2 Å².